The van der Waals surface area contributed by atoms with E-state index in [1.807, 2.05) is 20.8 Å². The summed E-state index contributed by atoms with van der Waals surface area (Å²) in [6.45, 7) is 7.17. The van der Waals surface area contributed by atoms with E-state index in [4.69, 9.17) is 5.11 Å². The van der Waals surface area contributed by atoms with Gasteiger partial charge in [-0.2, -0.15) is 0 Å². The minimum atomic E-state index is -0.936. The summed E-state index contributed by atoms with van der Waals surface area (Å²) in [5.41, 5.74) is -0.368. The molecule has 0 aliphatic heterocycles. The lowest BCUT2D eigenvalue weighted by Gasteiger charge is -2.25. The third kappa shape index (κ3) is 4.51. The fourth-order valence-electron chi connectivity index (χ4n) is 2.43. The summed E-state index contributed by atoms with van der Waals surface area (Å²) in [6, 6.07) is -0.670. The number of rotatable bonds is 4. The van der Waals surface area contributed by atoms with E-state index in [0.717, 1.165) is 6.42 Å². The van der Waals surface area contributed by atoms with Crippen LogP contribution in [0.2, 0.25) is 0 Å². The van der Waals surface area contributed by atoms with Gasteiger partial charge in [0.2, 0.25) is 11.8 Å². The van der Waals surface area contributed by atoms with Crippen molar-refractivity contribution in [3.63, 3.8) is 0 Å². The molecule has 3 atom stereocenters. The molecule has 114 valence electrons. The van der Waals surface area contributed by atoms with Crippen molar-refractivity contribution in [2.45, 2.75) is 58.5 Å². The molecule has 0 spiro atoms. The maximum Gasteiger partial charge on any atom is 0.307 e. The monoisotopic (exact) mass is 284 g/mol. The Morgan fingerprint density at radius 3 is 2.20 bits per heavy atom. The molecule has 0 aromatic rings. The molecule has 6 heteroatoms. The molecule has 1 rings (SSSR count). The van der Waals surface area contributed by atoms with E-state index >= 15 is 0 Å². The van der Waals surface area contributed by atoms with E-state index in [1.165, 1.54) is 0 Å². The van der Waals surface area contributed by atoms with Crippen LogP contribution in [-0.4, -0.2) is 34.5 Å². The van der Waals surface area contributed by atoms with Gasteiger partial charge in [-0.3, -0.25) is 14.4 Å². The molecule has 6 nitrogen and oxygen atoms in total. The molecule has 3 N–H and O–H groups in total. The summed E-state index contributed by atoms with van der Waals surface area (Å²) in [4.78, 5) is 35.0. The Bertz CT molecular complexity index is 400. The zero-order valence-electron chi connectivity index (χ0n) is 12.5. The van der Waals surface area contributed by atoms with Gasteiger partial charge in [-0.1, -0.05) is 6.42 Å². The van der Waals surface area contributed by atoms with Crippen molar-refractivity contribution in [3.05, 3.63) is 0 Å². The number of carboxylic acid groups (broad SMARTS) is 1. The number of carboxylic acids is 1. The summed E-state index contributed by atoms with van der Waals surface area (Å²) in [5, 5.41) is 14.5. The summed E-state index contributed by atoms with van der Waals surface area (Å²) in [7, 11) is 0. The number of carbonyl (C=O) groups is 3. The summed E-state index contributed by atoms with van der Waals surface area (Å²) in [6.07, 6.45) is 1.82. The Balaban J connectivity index is 2.57. The molecule has 20 heavy (non-hydrogen) atoms. The van der Waals surface area contributed by atoms with Gasteiger partial charge in [0, 0.05) is 5.54 Å². The van der Waals surface area contributed by atoms with Gasteiger partial charge < -0.3 is 15.7 Å². The van der Waals surface area contributed by atoms with Crippen molar-refractivity contribution in [1.82, 2.24) is 10.6 Å². The van der Waals surface area contributed by atoms with Crippen molar-refractivity contribution >= 4 is 17.8 Å². The molecular weight excluding hydrogens is 260 g/mol. The number of hydrogen-bond donors (Lipinski definition) is 3. The topological polar surface area (TPSA) is 95.5 Å². The first-order chi connectivity index (χ1) is 9.11. The number of carbonyl (C=O) groups excluding carboxylic acids is 2. The first-order valence-electron chi connectivity index (χ1n) is 6.97. The molecule has 0 heterocycles. The molecule has 1 aliphatic carbocycles. The molecule has 1 aliphatic rings. The quantitative estimate of drug-likeness (QED) is 0.715. The lowest BCUT2D eigenvalue weighted by Crippen LogP contribution is -2.52. The SMILES string of the molecule is CC(NC(=O)C1CCCC1C(=O)O)C(=O)NC(C)(C)C. The minimum absolute atomic E-state index is 0.268. The van der Waals surface area contributed by atoms with Gasteiger partial charge in [0.05, 0.1) is 11.8 Å². The van der Waals surface area contributed by atoms with Crippen LogP contribution in [0.25, 0.3) is 0 Å². The highest BCUT2D eigenvalue weighted by Crippen LogP contribution is 2.32. The number of amides is 2. The van der Waals surface area contributed by atoms with Crippen molar-refractivity contribution in [3.8, 4) is 0 Å². The van der Waals surface area contributed by atoms with Crippen LogP contribution in [0.15, 0.2) is 0 Å². The van der Waals surface area contributed by atoms with Crippen LogP contribution >= 0.6 is 0 Å². The normalized spacial score (nSPS) is 24.0. The van der Waals surface area contributed by atoms with Gasteiger partial charge in [0.1, 0.15) is 6.04 Å². The standard InChI is InChI=1S/C14H24N2O4/c1-8(11(17)16-14(2,3)4)15-12(18)9-6-5-7-10(9)13(19)20/h8-10H,5-7H2,1-4H3,(H,15,18)(H,16,17)(H,19,20). The second-order valence-electron chi connectivity index (χ2n) is 6.45. The molecule has 0 aromatic carbocycles. The highest BCUT2D eigenvalue weighted by molar-refractivity contribution is 5.90. The maximum atomic E-state index is 12.1. The molecular formula is C14H24N2O4. The molecule has 1 fully saturated rings. The average molecular weight is 284 g/mol. The largest absolute Gasteiger partial charge is 0.481 e. The summed E-state index contributed by atoms with van der Waals surface area (Å²) in [5.74, 6) is -2.71. The van der Waals surface area contributed by atoms with Gasteiger partial charge >= 0.3 is 5.97 Å². The van der Waals surface area contributed by atoms with E-state index in [0.29, 0.717) is 12.8 Å². The van der Waals surface area contributed by atoms with Crippen LogP contribution < -0.4 is 10.6 Å². The number of nitrogens with one attached hydrogen (secondary N) is 2. The van der Waals surface area contributed by atoms with Crippen molar-refractivity contribution in [1.29, 1.82) is 0 Å². The zero-order valence-corrected chi connectivity index (χ0v) is 12.5. The Hall–Kier alpha value is -1.59. The zero-order chi connectivity index (χ0) is 15.5. The first-order valence-corrected chi connectivity index (χ1v) is 6.97. The molecule has 0 aromatic heterocycles. The molecule has 0 radical (unpaired) electrons. The molecule has 2 amide bonds. The summed E-state index contributed by atoms with van der Waals surface area (Å²) >= 11 is 0. The average Bonchev–Trinajstić information content (AvgIpc) is 2.75. The number of hydrogen-bond acceptors (Lipinski definition) is 3. The lowest BCUT2D eigenvalue weighted by atomic mass is 9.95. The van der Waals surface area contributed by atoms with Crippen LogP contribution in [0, 0.1) is 11.8 Å². The minimum Gasteiger partial charge on any atom is -0.481 e. The van der Waals surface area contributed by atoms with Crippen LogP contribution in [0.5, 0.6) is 0 Å². The smallest absolute Gasteiger partial charge is 0.307 e. The maximum absolute atomic E-state index is 12.1. The fourth-order valence-corrected chi connectivity index (χ4v) is 2.43. The lowest BCUT2D eigenvalue weighted by molar-refractivity contribution is -0.146. The second-order valence-corrected chi connectivity index (χ2v) is 6.45. The molecule has 3 unspecified atom stereocenters. The highest BCUT2D eigenvalue weighted by atomic mass is 16.4. The Labute approximate surface area is 119 Å². The molecule has 0 saturated heterocycles. The Morgan fingerprint density at radius 2 is 1.70 bits per heavy atom. The van der Waals surface area contributed by atoms with Gasteiger partial charge in [-0.05, 0) is 40.5 Å². The Morgan fingerprint density at radius 1 is 1.15 bits per heavy atom. The summed E-state index contributed by atoms with van der Waals surface area (Å²) < 4.78 is 0. The predicted molar refractivity (Wildman–Crippen MR) is 74.0 cm³/mol. The van der Waals surface area contributed by atoms with Crippen molar-refractivity contribution < 1.29 is 19.5 Å². The third-order valence-electron chi connectivity index (χ3n) is 3.42. The van der Waals surface area contributed by atoms with Gasteiger partial charge in [0.15, 0.2) is 0 Å². The van der Waals surface area contributed by atoms with E-state index in [1.54, 1.807) is 6.92 Å². The number of aliphatic carboxylic acids is 1. The Kier molecular flexibility index (Phi) is 5.14. The van der Waals surface area contributed by atoms with Crippen molar-refractivity contribution in [2.24, 2.45) is 11.8 Å². The first kappa shape index (κ1) is 16.5. The van der Waals surface area contributed by atoms with E-state index in [-0.39, 0.29) is 17.4 Å². The van der Waals surface area contributed by atoms with Crippen LogP contribution in [0.3, 0.4) is 0 Å². The predicted octanol–water partition coefficient (Wildman–Crippen LogP) is 0.907. The molecule has 1 saturated carbocycles. The van der Waals surface area contributed by atoms with E-state index < -0.39 is 23.8 Å². The van der Waals surface area contributed by atoms with Gasteiger partial charge in [-0.15, -0.1) is 0 Å². The van der Waals surface area contributed by atoms with Crippen LogP contribution in [-0.2, 0) is 14.4 Å². The van der Waals surface area contributed by atoms with E-state index in [2.05, 4.69) is 10.6 Å². The van der Waals surface area contributed by atoms with Crippen LogP contribution in [0.1, 0.15) is 47.0 Å². The fraction of sp³-hybridized carbons (Fsp3) is 0.786. The van der Waals surface area contributed by atoms with E-state index in [9.17, 15) is 14.4 Å². The van der Waals surface area contributed by atoms with Gasteiger partial charge in [-0.25, -0.2) is 0 Å². The third-order valence-corrected chi connectivity index (χ3v) is 3.42. The highest BCUT2D eigenvalue weighted by Gasteiger charge is 2.38. The van der Waals surface area contributed by atoms with Crippen LogP contribution in [0.4, 0.5) is 0 Å². The molecule has 0 bridgehead atoms. The van der Waals surface area contributed by atoms with Gasteiger partial charge in [0.25, 0.3) is 0 Å². The van der Waals surface area contributed by atoms with Crippen molar-refractivity contribution in [2.75, 3.05) is 0 Å². The second kappa shape index (κ2) is 6.24.